The van der Waals surface area contributed by atoms with Crippen molar-refractivity contribution in [1.29, 1.82) is 0 Å². The van der Waals surface area contributed by atoms with Crippen molar-refractivity contribution in [3.63, 3.8) is 0 Å². The number of hydrogen-bond acceptors (Lipinski definition) is 20. The molecule has 0 spiro atoms. The molecule has 0 aromatic heterocycles. The van der Waals surface area contributed by atoms with Gasteiger partial charge < -0.3 is 91.5 Å². The van der Waals surface area contributed by atoms with E-state index in [1.807, 2.05) is 13.0 Å². The summed E-state index contributed by atoms with van der Waals surface area (Å²) in [5, 5.41) is 113. The third kappa shape index (κ3) is 21.3. The number of cyclic esters (lactones) is 1. The zero-order valence-corrected chi connectivity index (χ0v) is 42.5. The molecule has 3 aliphatic heterocycles. The zero-order chi connectivity index (χ0) is 54.4. The van der Waals surface area contributed by atoms with Gasteiger partial charge in [-0.25, -0.2) is 0 Å². The van der Waals surface area contributed by atoms with E-state index in [0.29, 0.717) is 0 Å². The molecule has 15 N–H and O–H groups in total. The predicted octanol–water partition coefficient (Wildman–Crippen LogP) is -0.366. The third-order valence-electron chi connectivity index (χ3n) is 13.3. The van der Waals surface area contributed by atoms with Crippen molar-refractivity contribution in [2.24, 2.45) is 29.2 Å². The molecule has 0 radical (unpaired) electrons. The quantitative estimate of drug-likeness (QED) is 0.145. The molecular formula is C52H83N3O18. The number of hydrogen-bond donors (Lipinski definition) is 13. The molecule has 3 heterocycles. The minimum Gasteiger partial charge on any atom is -0.469 e. The Labute approximate surface area is 428 Å². The van der Waals surface area contributed by atoms with Crippen LogP contribution in [0.25, 0.3) is 0 Å². The number of aliphatic hydroxyl groups excluding tert-OH is 9. The highest BCUT2D eigenvalue weighted by Crippen LogP contribution is 2.38. The number of carbonyl (C=O) groups is 3. The second-order valence-electron chi connectivity index (χ2n) is 19.4. The van der Waals surface area contributed by atoms with Crippen LogP contribution in [0, 0.1) is 17.8 Å². The summed E-state index contributed by atoms with van der Waals surface area (Å²) in [6.07, 6.45) is 2.89. The van der Waals surface area contributed by atoms with Gasteiger partial charge in [0.05, 0.1) is 86.7 Å². The monoisotopic (exact) mass is 1040 g/mol. The lowest BCUT2D eigenvalue weighted by Gasteiger charge is -2.46. The molecule has 73 heavy (non-hydrogen) atoms. The molecule has 1 amide bonds. The van der Waals surface area contributed by atoms with Gasteiger partial charge in [0.25, 0.3) is 0 Å². The maximum absolute atomic E-state index is 13.2. The molecule has 2 fully saturated rings. The molecular weight excluding hydrogens is 955 g/mol. The maximum Gasteiger partial charge on any atom is 0.313 e. The van der Waals surface area contributed by atoms with Crippen LogP contribution in [0.5, 0.6) is 0 Å². The highest BCUT2D eigenvalue weighted by atomic mass is 16.7. The van der Waals surface area contributed by atoms with E-state index in [-0.39, 0.29) is 44.6 Å². The lowest BCUT2D eigenvalue weighted by molar-refractivity contribution is -0.309. The molecule has 0 aliphatic carbocycles. The lowest BCUT2D eigenvalue weighted by atomic mass is 9.82. The fourth-order valence-electron chi connectivity index (χ4n) is 8.81. The first-order chi connectivity index (χ1) is 34.5. The fraction of sp³-hybridized carbons (Fsp3) is 0.673. The third-order valence-corrected chi connectivity index (χ3v) is 13.3. The van der Waals surface area contributed by atoms with E-state index < -0.39 is 159 Å². The maximum atomic E-state index is 13.2. The number of methoxy groups -OCH3 is 1. The van der Waals surface area contributed by atoms with Crippen LogP contribution in [0.4, 0.5) is 0 Å². The number of aliphatic hydroxyl groups is 10. The van der Waals surface area contributed by atoms with Gasteiger partial charge in [0.1, 0.15) is 24.2 Å². The molecule has 0 saturated carbocycles. The second-order valence-corrected chi connectivity index (χ2v) is 19.4. The van der Waals surface area contributed by atoms with E-state index in [1.165, 1.54) is 13.0 Å². The number of esters is 2. The Balaban J connectivity index is 1.94. The zero-order valence-electron chi connectivity index (χ0n) is 42.5. The van der Waals surface area contributed by atoms with Crippen molar-refractivity contribution >= 4 is 17.8 Å². The lowest BCUT2D eigenvalue weighted by Crippen LogP contribution is -2.65. The molecule has 3 rings (SSSR count). The number of nitrogens with two attached hydrogens (primary N) is 2. The van der Waals surface area contributed by atoms with Crippen LogP contribution in [0.2, 0.25) is 0 Å². The first-order valence-corrected chi connectivity index (χ1v) is 25.1. The van der Waals surface area contributed by atoms with E-state index in [9.17, 15) is 65.4 Å². The molecule has 414 valence electrons. The summed E-state index contributed by atoms with van der Waals surface area (Å²) >= 11 is 0. The summed E-state index contributed by atoms with van der Waals surface area (Å²) in [6, 6.07) is -2.36. The second kappa shape index (κ2) is 31.8. The molecule has 2 bridgehead atoms. The molecule has 2 saturated heterocycles. The molecule has 0 aromatic rings. The highest BCUT2D eigenvalue weighted by molar-refractivity contribution is 5.82. The molecule has 0 aromatic carbocycles. The summed E-state index contributed by atoms with van der Waals surface area (Å²) < 4.78 is 28.7. The van der Waals surface area contributed by atoms with Crippen molar-refractivity contribution in [3.8, 4) is 0 Å². The minimum atomic E-state index is -2.33. The summed E-state index contributed by atoms with van der Waals surface area (Å²) in [5.41, 5.74) is 11.5. The molecule has 0 unspecified atom stereocenters. The molecule has 21 nitrogen and oxygen atoms in total. The topological polar surface area (TPSA) is 364 Å². The van der Waals surface area contributed by atoms with E-state index >= 15 is 0 Å². The van der Waals surface area contributed by atoms with E-state index in [2.05, 4.69) is 5.32 Å². The standard InChI is InChI=1S/C52H83N3O18/c1-30-18-16-14-12-10-8-6-7-9-11-13-15-17-19-37(72-51-48(65)45(47(64)33(4)71-51)55-49(66)38(54)22-23-53)27-42-44(50(67)69-5)41(61)29-52(68,73-42)28-36(58)25-40(60)39(59)21-20-34(56)24-35(57)26-43(62)70-32(3)31(2)46(30)63/h6-19,30-42,44-48,51,56-61,63-65,68H,20-29,53-54H2,1-5H3,(H,55,66)/b7-6+,10-8+,11-9+,14-12+,15-13+,18-16+,19-17+/t30-,31-,32-,33+,34+,35+,36-,37-,38-,39+,40+,41-,42-,44+,45-,46+,47+,48-,51-,52+/m0/s1. The fourth-order valence-corrected chi connectivity index (χ4v) is 8.81. The van der Waals surface area contributed by atoms with Crippen LogP contribution in [0.3, 0.4) is 0 Å². The molecule has 3 aliphatic rings. The molecule has 20 atom stereocenters. The minimum absolute atomic E-state index is 0.108. The summed E-state index contributed by atoms with van der Waals surface area (Å²) in [7, 11) is 1.10. The Morgan fingerprint density at radius 3 is 1.90 bits per heavy atom. The van der Waals surface area contributed by atoms with Gasteiger partial charge in [-0.1, -0.05) is 98.9 Å². The molecule has 21 heteroatoms. The van der Waals surface area contributed by atoms with Crippen molar-refractivity contribution in [2.45, 2.75) is 189 Å². The average Bonchev–Trinajstić information content (AvgIpc) is 3.32. The summed E-state index contributed by atoms with van der Waals surface area (Å²) in [4.78, 5) is 38.8. The normalized spacial score (nSPS) is 42.1. The Kier molecular flexibility index (Phi) is 27.5. The highest BCUT2D eigenvalue weighted by Gasteiger charge is 2.51. The smallest absolute Gasteiger partial charge is 0.313 e. The SMILES string of the molecule is COC(=O)[C@H]1[C@@H]2C[C@@H](O[C@@H]3O[C@H](C)[C@@H](O)[C@H](NC(=O)[C@@H](N)CCN)[C@@H]3O)/C=C/C=C/C=C/C=C/C=C/C=C/C=C/[C@H](C)[C@@H](O)[C@@H](C)[C@H](C)OC(=O)C[C@H](O)C[C@H](O)CC[C@@H](O)[C@H](O)C[C@H](O)C[C@](O)(C[C@@H]1O)O2. The predicted molar refractivity (Wildman–Crippen MR) is 267 cm³/mol. The Morgan fingerprint density at radius 2 is 1.32 bits per heavy atom. The van der Waals surface area contributed by atoms with Crippen molar-refractivity contribution in [3.05, 3.63) is 85.1 Å². The van der Waals surface area contributed by atoms with Gasteiger partial charge in [-0.05, 0) is 46.1 Å². The van der Waals surface area contributed by atoms with Gasteiger partial charge in [0.15, 0.2) is 12.1 Å². The van der Waals surface area contributed by atoms with E-state index in [4.69, 9.17) is 35.2 Å². The van der Waals surface area contributed by atoms with Gasteiger partial charge in [-0.2, -0.15) is 0 Å². The van der Waals surface area contributed by atoms with Gasteiger partial charge in [-0.3, -0.25) is 14.4 Å². The van der Waals surface area contributed by atoms with E-state index in [0.717, 1.165) is 7.11 Å². The van der Waals surface area contributed by atoms with Crippen molar-refractivity contribution in [2.75, 3.05) is 13.7 Å². The summed E-state index contributed by atoms with van der Waals surface area (Å²) in [6.45, 7) is 6.81. The van der Waals surface area contributed by atoms with Crippen molar-refractivity contribution < 1.29 is 89.1 Å². The number of allylic oxidation sites excluding steroid dienone is 12. The van der Waals surface area contributed by atoms with Gasteiger partial charge >= 0.3 is 11.9 Å². The first-order valence-electron chi connectivity index (χ1n) is 25.1. The number of carbonyl (C=O) groups excluding carboxylic acids is 3. The van der Waals surface area contributed by atoms with Gasteiger partial charge in [-0.15, -0.1) is 0 Å². The van der Waals surface area contributed by atoms with Crippen LogP contribution in [0.1, 0.15) is 85.5 Å². The first kappa shape index (κ1) is 63.3. The van der Waals surface area contributed by atoms with Crippen LogP contribution in [-0.4, -0.2) is 186 Å². The Morgan fingerprint density at radius 1 is 0.726 bits per heavy atom. The summed E-state index contributed by atoms with van der Waals surface area (Å²) in [5.74, 6) is -6.83. The Bertz CT molecular complexity index is 1900. The van der Waals surface area contributed by atoms with Gasteiger partial charge in [0, 0.05) is 37.5 Å². The van der Waals surface area contributed by atoms with E-state index in [1.54, 1.807) is 86.8 Å². The van der Waals surface area contributed by atoms with Crippen LogP contribution in [0.15, 0.2) is 85.1 Å². The number of ether oxygens (including phenoxy) is 5. The van der Waals surface area contributed by atoms with Gasteiger partial charge in [0.2, 0.25) is 5.91 Å². The number of nitrogens with one attached hydrogen (secondary N) is 1. The number of rotatable bonds is 7. The van der Waals surface area contributed by atoms with Crippen LogP contribution < -0.4 is 16.8 Å². The van der Waals surface area contributed by atoms with Crippen LogP contribution >= 0.6 is 0 Å². The largest absolute Gasteiger partial charge is 0.469 e. The van der Waals surface area contributed by atoms with Crippen molar-refractivity contribution in [1.82, 2.24) is 5.32 Å². The Hall–Kier alpha value is -4.01. The number of fused-ring (bicyclic) bond motifs is 2. The average molecular weight is 1040 g/mol. The van der Waals surface area contributed by atoms with Crippen LogP contribution in [-0.2, 0) is 38.1 Å². The number of amides is 1.